The number of halogens is 3. The molecule has 14 heavy (non-hydrogen) atoms. The van der Waals surface area contributed by atoms with Crippen LogP contribution in [0, 0.1) is 6.92 Å². The Morgan fingerprint density at radius 2 is 2.00 bits per heavy atom. The maximum Gasteiger partial charge on any atom is 0.418 e. The number of hydrogen-bond acceptors (Lipinski definition) is 3. The molecule has 0 aliphatic rings. The average Bonchev–Trinajstić information content (AvgIpc) is 2.24. The molecule has 0 fully saturated rings. The van der Waals surface area contributed by atoms with E-state index in [4.69, 9.17) is 10.8 Å². The number of nitrogens with two attached hydrogens (primary N) is 1. The molecule has 1 aromatic heterocycles. The van der Waals surface area contributed by atoms with Crippen LogP contribution >= 0.6 is 0 Å². The van der Waals surface area contributed by atoms with Crippen molar-refractivity contribution < 1.29 is 18.3 Å². The summed E-state index contributed by atoms with van der Waals surface area (Å²) >= 11 is 0. The van der Waals surface area contributed by atoms with Gasteiger partial charge in [0, 0.05) is 7.05 Å². The second-order valence-corrected chi connectivity index (χ2v) is 2.95. The van der Waals surface area contributed by atoms with E-state index in [2.05, 4.69) is 5.10 Å². The zero-order valence-electron chi connectivity index (χ0n) is 7.63. The third-order valence-corrected chi connectivity index (χ3v) is 1.90. The third kappa shape index (κ3) is 1.67. The van der Waals surface area contributed by atoms with Gasteiger partial charge < -0.3 is 10.8 Å². The SMILES string of the molecule is Cc1nn(C)c(N)c1C(O)C(F)(F)F. The largest absolute Gasteiger partial charge is 0.418 e. The monoisotopic (exact) mass is 209 g/mol. The molecule has 1 heterocycles. The Morgan fingerprint density at radius 3 is 2.29 bits per heavy atom. The molecule has 1 unspecified atom stereocenters. The molecule has 1 atom stereocenters. The predicted octanol–water partition coefficient (Wildman–Crippen LogP) is 0.906. The quantitative estimate of drug-likeness (QED) is 0.722. The third-order valence-electron chi connectivity index (χ3n) is 1.90. The highest BCUT2D eigenvalue weighted by atomic mass is 19.4. The second kappa shape index (κ2) is 3.16. The highest BCUT2D eigenvalue weighted by Crippen LogP contribution is 2.36. The van der Waals surface area contributed by atoms with E-state index >= 15 is 0 Å². The number of aromatic nitrogens is 2. The summed E-state index contributed by atoms with van der Waals surface area (Å²) in [5, 5.41) is 12.7. The first-order valence-corrected chi connectivity index (χ1v) is 3.79. The molecule has 1 rings (SSSR count). The van der Waals surface area contributed by atoms with E-state index in [-0.39, 0.29) is 17.1 Å². The molecule has 1 aromatic rings. The van der Waals surface area contributed by atoms with Crippen LogP contribution in [0.25, 0.3) is 0 Å². The van der Waals surface area contributed by atoms with Crippen LogP contribution in [0.1, 0.15) is 17.4 Å². The Hall–Kier alpha value is -1.24. The number of nitrogen functional groups attached to an aromatic ring is 1. The van der Waals surface area contributed by atoms with Crippen molar-refractivity contribution in [2.24, 2.45) is 7.05 Å². The van der Waals surface area contributed by atoms with Gasteiger partial charge in [-0.2, -0.15) is 18.3 Å². The molecule has 0 radical (unpaired) electrons. The number of hydrogen-bond donors (Lipinski definition) is 2. The highest BCUT2D eigenvalue weighted by molar-refractivity contribution is 5.45. The smallest absolute Gasteiger partial charge is 0.384 e. The van der Waals surface area contributed by atoms with E-state index in [0.29, 0.717) is 0 Å². The first kappa shape index (κ1) is 10.8. The lowest BCUT2D eigenvalue weighted by Gasteiger charge is -2.14. The predicted molar refractivity (Wildman–Crippen MR) is 43.4 cm³/mol. The molecule has 0 bridgehead atoms. The Kier molecular flexibility index (Phi) is 2.45. The van der Waals surface area contributed by atoms with E-state index in [9.17, 15) is 13.2 Å². The van der Waals surface area contributed by atoms with Gasteiger partial charge >= 0.3 is 6.18 Å². The zero-order valence-corrected chi connectivity index (χ0v) is 7.63. The Morgan fingerprint density at radius 1 is 1.50 bits per heavy atom. The van der Waals surface area contributed by atoms with Crippen LogP contribution in [0.5, 0.6) is 0 Å². The fourth-order valence-electron chi connectivity index (χ4n) is 1.19. The van der Waals surface area contributed by atoms with Crippen LogP contribution in [-0.4, -0.2) is 21.1 Å². The van der Waals surface area contributed by atoms with Gasteiger partial charge in [-0.25, -0.2) is 0 Å². The number of aryl methyl sites for hydroxylation is 2. The van der Waals surface area contributed by atoms with Crippen LogP contribution in [-0.2, 0) is 7.05 Å². The van der Waals surface area contributed by atoms with Gasteiger partial charge in [0.15, 0.2) is 6.10 Å². The van der Waals surface area contributed by atoms with Gasteiger partial charge in [-0.15, -0.1) is 0 Å². The minimum absolute atomic E-state index is 0.0785. The molecular formula is C7H10F3N3O. The molecule has 80 valence electrons. The molecule has 4 nitrogen and oxygen atoms in total. The molecule has 0 spiro atoms. The molecular weight excluding hydrogens is 199 g/mol. The van der Waals surface area contributed by atoms with Gasteiger partial charge in [-0.3, -0.25) is 4.68 Å². The van der Waals surface area contributed by atoms with Crippen molar-refractivity contribution in [1.82, 2.24) is 9.78 Å². The van der Waals surface area contributed by atoms with Gasteiger partial charge in [0.1, 0.15) is 5.82 Å². The van der Waals surface area contributed by atoms with Crippen molar-refractivity contribution in [2.75, 3.05) is 5.73 Å². The summed E-state index contributed by atoms with van der Waals surface area (Å²) in [5.74, 6) is -0.174. The number of rotatable bonds is 1. The molecule has 0 saturated heterocycles. The summed E-state index contributed by atoms with van der Waals surface area (Å²) in [5.41, 5.74) is 5.05. The van der Waals surface area contributed by atoms with Crippen molar-refractivity contribution in [3.63, 3.8) is 0 Å². The van der Waals surface area contributed by atoms with Crippen LogP contribution in [0.15, 0.2) is 0 Å². The highest BCUT2D eigenvalue weighted by Gasteiger charge is 2.42. The minimum Gasteiger partial charge on any atom is -0.384 e. The molecule has 7 heteroatoms. The first-order chi connectivity index (χ1) is 6.25. The number of nitrogens with zero attached hydrogens (tertiary/aromatic N) is 2. The van der Waals surface area contributed by atoms with Crippen molar-refractivity contribution in [2.45, 2.75) is 19.2 Å². The number of aliphatic hydroxyl groups is 1. The van der Waals surface area contributed by atoms with Crippen molar-refractivity contribution in [3.8, 4) is 0 Å². The van der Waals surface area contributed by atoms with Gasteiger partial charge in [0.2, 0.25) is 0 Å². The molecule has 0 amide bonds. The van der Waals surface area contributed by atoms with Crippen LogP contribution < -0.4 is 5.73 Å². The van der Waals surface area contributed by atoms with E-state index in [1.165, 1.54) is 14.0 Å². The molecule has 3 N–H and O–H groups in total. The minimum atomic E-state index is -4.72. The van der Waals surface area contributed by atoms with E-state index in [1.54, 1.807) is 0 Å². The summed E-state index contributed by atoms with van der Waals surface area (Å²) in [6, 6.07) is 0. The normalized spacial score (nSPS) is 14.4. The summed E-state index contributed by atoms with van der Waals surface area (Å²) in [4.78, 5) is 0. The summed E-state index contributed by atoms with van der Waals surface area (Å²) in [6.45, 7) is 1.36. The van der Waals surface area contributed by atoms with E-state index in [1.807, 2.05) is 0 Å². The van der Waals surface area contributed by atoms with Gasteiger partial charge in [0.05, 0.1) is 11.3 Å². The van der Waals surface area contributed by atoms with Crippen LogP contribution in [0.2, 0.25) is 0 Å². The van der Waals surface area contributed by atoms with Crippen molar-refractivity contribution >= 4 is 5.82 Å². The second-order valence-electron chi connectivity index (χ2n) is 2.95. The summed E-state index contributed by atoms with van der Waals surface area (Å²) < 4.78 is 37.6. The van der Waals surface area contributed by atoms with Gasteiger partial charge in [-0.05, 0) is 6.92 Å². The summed E-state index contributed by atoms with van der Waals surface area (Å²) in [7, 11) is 1.41. The van der Waals surface area contributed by atoms with Gasteiger partial charge in [-0.1, -0.05) is 0 Å². The molecule has 0 aliphatic heterocycles. The van der Waals surface area contributed by atoms with E-state index < -0.39 is 12.3 Å². The number of alkyl halides is 3. The zero-order chi connectivity index (χ0) is 11.1. The maximum absolute atomic E-state index is 12.2. The fraction of sp³-hybridized carbons (Fsp3) is 0.571. The lowest BCUT2D eigenvalue weighted by atomic mass is 10.1. The standard InChI is InChI=1S/C7H10F3N3O/c1-3-4(5(14)7(8,9)10)6(11)13(2)12-3/h5,14H,11H2,1-2H3. The van der Waals surface area contributed by atoms with Crippen LogP contribution in [0.3, 0.4) is 0 Å². The van der Waals surface area contributed by atoms with Crippen molar-refractivity contribution in [1.29, 1.82) is 0 Å². The number of aliphatic hydroxyl groups excluding tert-OH is 1. The van der Waals surface area contributed by atoms with Crippen molar-refractivity contribution in [3.05, 3.63) is 11.3 Å². The van der Waals surface area contributed by atoms with Gasteiger partial charge in [0.25, 0.3) is 0 Å². The Bertz CT molecular complexity index is 345. The summed E-state index contributed by atoms with van der Waals surface area (Å²) in [6.07, 6.45) is -7.29. The Balaban J connectivity index is 3.19. The molecule has 0 saturated carbocycles. The van der Waals surface area contributed by atoms with Crippen LogP contribution in [0.4, 0.5) is 19.0 Å². The fourth-order valence-corrected chi connectivity index (χ4v) is 1.19. The molecule has 0 aliphatic carbocycles. The molecule has 0 aromatic carbocycles. The number of anilines is 1. The lowest BCUT2D eigenvalue weighted by molar-refractivity contribution is -0.206. The average molecular weight is 209 g/mol. The maximum atomic E-state index is 12.2. The lowest BCUT2D eigenvalue weighted by Crippen LogP contribution is -2.21. The first-order valence-electron chi connectivity index (χ1n) is 3.79. The topological polar surface area (TPSA) is 64.1 Å². The Labute approximate surface area is 78.1 Å². The van der Waals surface area contributed by atoms with E-state index in [0.717, 1.165) is 4.68 Å².